The molecule has 3 atom stereocenters. The van der Waals surface area contributed by atoms with E-state index >= 15 is 0 Å². The maximum atomic E-state index is 12.1. The molecule has 1 saturated carbocycles. The average Bonchev–Trinajstić information content (AvgIpc) is 3.04. The van der Waals surface area contributed by atoms with Crippen molar-refractivity contribution in [2.24, 2.45) is 17.6 Å². The molecule has 0 aromatic rings. The normalized spacial score (nSPS) is 32.6. The molecule has 3 nitrogen and oxygen atoms in total. The molecule has 0 spiro atoms. The van der Waals surface area contributed by atoms with Crippen LogP contribution in [-0.4, -0.2) is 29.4 Å². The Hall–Kier alpha value is -0.570. The third-order valence-corrected chi connectivity index (χ3v) is 4.08. The van der Waals surface area contributed by atoms with Crippen molar-refractivity contribution in [3.63, 3.8) is 0 Å². The summed E-state index contributed by atoms with van der Waals surface area (Å²) in [5.41, 5.74) is 6.02. The first-order valence-electron chi connectivity index (χ1n) is 6.63. The lowest BCUT2D eigenvalue weighted by molar-refractivity contribution is -0.135. The van der Waals surface area contributed by atoms with Crippen LogP contribution in [0.1, 0.15) is 46.0 Å². The Balaban J connectivity index is 1.86. The van der Waals surface area contributed by atoms with Gasteiger partial charge in [0.2, 0.25) is 5.91 Å². The number of rotatable bonds is 3. The molecule has 3 unspecified atom stereocenters. The predicted molar refractivity (Wildman–Crippen MR) is 64.9 cm³/mol. The minimum atomic E-state index is 0.108. The molecule has 2 rings (SSSR count). The van der Waals surface area contributed by atoms with Gasteiger partial charge >= 0.3 is 0 Å². The minimum absolute atomic E-state index is 0.108. The number of carbonyl (C=O) groups excluding carboxylic acids is 1. The van der Waals surface area contributed by atoms with Gasteiger partial charge in [-0.3, -0.25) is 4.79 Å². The summed E-state index contributed by atoms with van der Waals surface area (Å²) in [6, 6.07) is 0.520. The molecule has 92 valence electrons. The Labute approximate surface area is 98.4 Å². The highest BCUT2D eigenvalue weighted by atomic mass is 16.2. The summed E-state index contributed by atoms with van der Waals surface area (Å²) >= 11 is 0. The van der Waals surface area contributed by atoms with Crippen molar-refractivity contribution < 1.29 is 4.79 Å². The fraction of sp³-hybridized carbons (Fsp3) is 0.923. The molecular weight excluding hydrogens is 200 g/mol. The van der Waals surface area contributed by atoms with E-state index in [9.17, 15) is 4.79 Å². The first kappa shape index (κ1) is 11.9. The molecule has 16 heavy (non-hydrogen) atoms. The molecule has 1 heterocycles. The van der Waals surface area contributed by atoms with Crippen LogP contribution in [-0.2, 0) is 4.79 Å². The summed E-state index contributed by atoms with van der Waals surface area (Å²) in [7, 11) is 0. The van der Waals surface area contributed by atoms with Gasteiger partial charge in [-0.1, -0.05) is 6.92 Å². The Morgan fingerprint density at radius 2 is 2.00 bits per heavy atom. The Bertz CT molecular complexity index is 263. The zero-order valence-corrected chi connectivity index (χ0v) is 10.5. The molecule has 0 aromatic heterocycles. The van der Waals surface area contributed by atoms with Gasteiger partial charge in [0.15, 0.2) is 0 Å². The Morgan fingerprint density at radius 1 is 1.31 bits per heavy atom. The van der Waals surface area contributed by atoms with E-state index in [-0.39, 0.29) is 11.9 Å². The van der Waals surface area contributed by atoms with Gasteiger partial charge in [0.1, 0.15) is 0 Å². The third kappa shape index (κ3) is 2.76. The number of hydrogen-bond acceptors (Lipinski definition) is 2. The van der Waals surface area contributed by atoms with Crippen LogP contribution in [0.2, 0.25) is 0 Å². The van der Waals surface area contributed by atoms with Crippen molar-refractivity contribution in [2.45, 2.75) is 58.0 Å². The second kappa shape index (κ2) is 4.74. The van der Waals surface area contributed by atoms with Crippen molar-refractivity contribution in [3.05, 3.63) is 0 Å². The van der Waals surface area contributed by atoms with Crippen LogP contribution in [0.3, 0.4) is 0 Å². The predicted octanol–water partition coefficient (Wildman–Crippen LogP) is 1.76. The molecule has 0 bridgehead atoms. The highest BCUT2D eigenvalue weighted by Crippen LogP contribution is 2.33. The molecular formula is C13H24N2O. The maximum absolute atomic E-state index is 12.1. The van der Waals surface area contributed by atoms with Crippen LogP contribution in [0.5, 0.6) is 0 Å². The molecule has 1 amide bonds. The zero-order chi connectivity index (χ0) is 11.7. The summed E-state index contributed by atoms with van der Waals surface area (Å²) < 4.78 is 0. The van der Waals surface area contributed by atoms with E-state index in [0.717, 1.165) is 13.0 Å². The highest BCUT2D eigenvalue weighted by molar-refractivity contribution is 5.77. The number of nitrogens with zero attached hydrogens (tertiary/aromatic N) is 1. The first-order valence-corrected chi connectivity index (χ1v) is 6.63. The van der Waals surface area contributed by atoms with E-state index in [2.05, 4.69) is 18.7 Å². The summed E-state index contributed by atoms with van der Waals surface area (Å²) in [6.07, 6.45) is 5.40. The molecule has 1 aliphatic carbocycles. The topological polar surface area (TPSA) is 46.3 Å². The van der Waals surface area contributed by atoms with Crippen LogP contribution < -0.4 is 5.73 Å². The Morgan fingerprint density at radius 3 is 2.62 bits per heavy atom. The molecule has 0 aromatic carbocycles. The van der Waals surface area contributed by atoms with Gasteiger partial charge in [0, 0.05) is 25.0 Å². The summed E-state index contributed by atoms with van der Waals surface area (Å²) in [5.74, 6) is 1.55. The maximum Gasteiger partial charge on any atom is 0.224 e. The average molecular weight is 224 g/mol. The lowest BCUT2D eigenvalue weighted by atomic mass is 9.94. The van der Waals surface area contributed by atoms with Crippen LogP contribution in [0.15, 0.2) is 0 Å². The molecule has 2 aliphatic rings. The van der Waals surface area contributed by atoms with Crippen molar-refractivity contribution >= 4 is 5.91 Å². The van der Waals surface area contributed by atoms with E-state index < -0.39 is 0 Å². The van der Waals surface area contributed by atoms with Gasteiger partial charge in [-0.2, -0.15) is 0 Å². The fourth-order valence-corrected chi connectivity index (χ4v) is 2.65. The summed E-state index contributed by atoms with van der Waals surface area (Å²) in [4.78, 5) is 14.2. The second-order valence-corrected chi connectivity index (χ2v) is 5.78. The van der Waals surface area contributed by atoms with Gasteiger partial charge in [-0.05, 0) is 44.4 Å². The third-order valence-electron chi connectivity index (χ3n) is 4.08. The molecule has 1 saturated heterocycles. The van der Waals surface area contributed by atoms with Gasteiger partial charge in [-0.25, -0.2) is 0 Å². The second-order valence-electron chi connectivity index (χ2n) is 5.78. The van der Waals surface area contributed by atoms with E-state index in [1.54, 1.807) is 0 Å². The first-order chi connectivity index (χ1) is 7.58. The van der Waals surface area contributed by atoms with Gasteiger partial charge in [0.05, 0.1) is 0 Å². The zero-order valence-electron chi connectivity index (χ0n) is 10.5. The Kier molecular flexibility index (Phi) is 3.53. The van der Waals surface area contributed by atoms with E-state index in [4.69, 9.17) is 5.73 Å². The smallest absolute Gasteiger partial charge is 0.224 e. The number of carbonyl (C=O) groups is 1. The monoisotopic (exact) mass is 224 g/mol. The lowest BCUT2D eigenvalue weighted by Gasteiger charge is -2.37. The van der Waals surface area contributed by atoms with E-state index in [1.807, 2.05) is 0 Å². The number of hydrogen-bond donors (Lipinski definition) is 1. The summed E-state index contributed by atoms with van der Waals surface area (Å²) in [6.45, 7) is 5.32. The fourth-order valence-electron chi connectivity index (χ4n) is 2.65. The van der Waals surface area contributed by atoms with Crippen LogP contribution in [0.4, 0.5) is 0 Å². The number of amides is 1. The molecule has 3 heteroatoms. The van der Waals surface area contributed by atoms with Crippen molar-refractivity contribution in [1.29, 1.82) is 0 Å². The van der Waals surface area contributed by atoms with Crippen LogP contribution in [0.25, 0.3) is 0 Å². The van der Waals surface area contributed by atoms with Crippen molar-refractivity contribution in [1.82, 2.24) is 4.90 Å². The van der Waals surface area contributed by atoms with Crippen LogP contribution >= 0.6 is 0 Å². The number of piperidine rings is 1. The van der Waals surface area contributed by atoms with Crippen molar-refractivity contribution in [2.75, 3.05) is 6.54 Å². The largest absolute Gasteiger partial charge is 0.340 e. The van der Waals surface area contributed by atoms with E-state index in [1.165, 1.54) is 19.3 Å². The quantitative estimate of drug-likeness (QED) is 0.794. The lowest BCUT2D eigenvalue weighted by Crippen LogP contribution is -2.46. The van der Waals surface area contributed by atoms with Gasteiger partial charge < -0.3 is 10.6 Å². The van der Waals surface area contributed by atoms with Gasteiger partial charge in [0.25, 0.3) is 0 Å². The van der Waals surface area contributed by atoms with Crippen LogP contribution in [0, 0.1) is 11.8 Å². The SMILES string of the molecule is CC1CCC(C)N(C(=O)CC(N)C2CC2)C1. The standard InChI is InChI=1S/C13H24N2O/c1-9-3-4-10(2)15(8-9)13(16)7-12(14)11-5-6-11/h9-12H,3-8,14H2,1-2H3. The minimum Gasteiger partial charge on any atom is -0.340 e. The molecule has 2 N–H and O–H groups in total. The highest BCUT2D eigenvalue weighted by Gasteiger charge is 2.33. The van der Waals surface area contributed by atoms with Gasteiger partial charge in [-0.15, -0.1) is 0 Å². The number of nitrogens with two attached hydrogens (primary N) is 1. The number of likely N-dealkylation sites (tertiary alicyclic amines) is 1. The molecule has 1 aliphatic heterocycles. The molecule has 0 radical (unpaired) electrons. The summed E-state index contributed by atoms with van der Waals surface area (Å²) in [5, 5.41) is 0. The van der Waals surface area contributed by atoms with Crippen molar-refractivity contribution in [3.8, 4) is 0 Å². The van der Waals surface area contributed by atoms with E-state index in [0.29, 0.717) is 24.3 Å². The molecule has 2 fully saturated rings.